The molecule has 2 unspecified atom stereocenters. The summed E-state index contributed by atoms with van der Waals surface area (Å²) in [7, 11) is -1.17. The molecule has 4 heterocycles. The fourth-order valence-electron chi connectivity index (χ4n) is 4.70. The monoisotopic (exact) mass is 466 g/mol. The molecule has 1 N–H and O–H groups in total. The van der Waals surface area contributed by atoms with Crippen LogP contribution in [-0.2, 0) is 10.8 Å². The van der Waals surface area contributed by atoms with Gasteiger partial charge in [0.2, 0.25) is 5.95 Å². The summed E-state index contributed by atoms with van der Waals surface area (Å²) in [6.07, 6.45) is 6.75. The maximum atomic E-state index is 15.1. The summed E-state index contributed by atoms with van der Waals surface area (Å²) < 4.78 is 27.6. The third kappa shape index (κ3) is 3.68. The topological polar surface area (TPSA) is 95.3 Å². The first-order chi connectivity index (χ1) is 15.0. The molecular weight excluding hydrogens is 443 g/mol. The maximum Gasteiger partial charge on any atom is 0.227 e. The highest BCUT2D eigenvalue weighted by atomic mass is 35.5. The van der Waals surface area contributed by atoms with Crippen LogP contribution in [0.1, 0.15) is 37.4 Å². The van der Waals surface area contributed by atoms with E-state index >= 15 is 4.39 Å². The number of aliphatic hydroxyl groups is 1. The van der Waals surface area contributed by atoms with E-state index in [0.29, 0.717) is 52.8 Å². The molecular formula is C20H24ClFN6O2S. The molecule has 3 atom stereocenters. The van der Waals surface area contributed by atoms with E-state index in [2.05, 4.69) is 19.9 Å². The average molecular weight is 467 g/mol. The lowest BCUT2D eigenvalue weighted by atomic mass is 9.76. The number of hydrogen-bond acceptors (Lipinski definition) is 8. The van der Waals surface area contributed by atoms with Crippen LogP contribution in [0.25, 0.3) is 0 Å². The summed E-state index contributed by atoms with van der Waals surface area (Å²) >= 11 is 5.84. The van der Waals surface area contributed by atoms with Gasteiger partial charge in [-0.05, 0) is 25.7 Å². The molecule has 0 amide bonds. The normalized spacial score (nSPS) is 27.5. The van der Waals surface area contributed by atoms with Gasteiger partial charge in [-0.25, -0.2) is 19.3 Å². The Balaban J connectivity index is 1.39. The van der Waals surface area contributed by atoms with Crippen molar-refractivity contribution in [1.29, 1.82) is 0 Å². The Morgan fingerprint density at radius 1 is 1.23 bits per heavy atom. The first-order valence-corrected chi connectivity index (χ1v) is 12.2. The van der Waals surface area contributed by atoms with Gasteiger partial charge in [0.05, 0.1) is 51.5 Å². The summed E-state index contributed by atoms with van der Waals surface area (Å²) in [6.45, 7) is 1.31. The van der Waals surface area contributed by atoms with Gasteiger partial charge in [0, 0.05) is 31.2 Å². The molecule has 31 heavy (non-hydrogen) atoms. The van der Waals surface area contributed by atoms with Crippen LogP contribution in [0.2, 0.25) is 5.02 Å². The minimum absolute atomic E-state index is 0.0391. The van der Waals surface area contributed by atoms with Crippen molar-refractivity contribution < 1.29 is 13.7 Å². The Morgan fingerprint density at radius 3 is 2.65 bits per heavy atom. The first-order valence-electron chi connectivity index (χ1n) is 10.5. The van der Waals surface area contributed by atoms with Gasteiger partial charge in [-0.1, -0.05) is 11.6 Å². The van der Waals surface area contributed by atoms with Crippen LogP contribution in [0.3, 0.4) is 0 Å². The van der Waals surface area contributed by atoms with Gasteiger partial charge < -0.3 is 14.9 Å². The summed E-state index contributed by atoms with van der Waals surface area (Å²) in [5, 5.41) is 10.5. The van der Waals surface area contributed by atoms with E-state index < -0.39 is 22.9 Å². The van der Waals surface area contributed by atoms with Gasteiger partial charge in [0.1, 0.15) is 12.0 Å². The molecule has 0 aromatic carbocycles. The van der Waals surface area contributed by atoms with Crippen molar-refractivity contribution in [2.75, 3.05) is 41.8 Å². The smallest absolute Gasteiger partial charge is 0.227 e. The van der Waals surface area contributed by atoms with E-state index in [4.69, 9.17) is 16.6 Å². The number of anilines is 2. The number of piperidine rings is 1. The molecule has 1 saturated heterocycles. The SMILES string of the molecule is O=[S@@]1CCN(C2(CO)CCC2)c2nc(N3CCC(c4ncc(Cl)cn4)C(F)C3)ncc21. The molecule has 1 aliphatic carbocycles. The lowest BCUT2D eigenvalue weighted by Gasteiger charge is -2.51. The molecule has 0 spiro atoms. The van der Waals surface area contributed by atoms with Crippen LogP contribution in [0.4, 0.5) is 16.2 Å². The zero-order chi connectivity index (χ0) is 21.6. The first kappa shape index (κ1) is 21.0. The van der Waals surface area contributed by atoms with Crippen LogP contribution in [0.15, 0.2) is 23.5 Å². The van der Waals surface area contributed by atoms with E-state index in [-0.39, 0.29) is 18.7 Å². The number of aliphatic hydroxyl groups excluding tert-OH is 1. The minimum atomic E-state index is -1.17. The predicted octanol–water partition coefficient (Wildman–Crippen LogP) is 2.09. The van der Waals surface area contributed by atoms with Gasteiger partial charge in [0.15, 0.2) is 5.82 Å². The van der Waals surface area contributed by atoms with Crippen LogP contribution in [0, 0.1) is 0 Å². The summed E-state index contributed by atoms with van der Waals surface area (Å²) in [6, 6.07) is 0. The van der Waals surface area contributed by atoms with Crippen molar-refractivity contribution in [3.63, 3.8) is 0 Å². The highest BCUT2D eigenvalue weighted by Gasteiger charge is 2.45. The maximum absolute atomic E-state index is 15.1. The second-order valence-electron chi connectivity index (χ2n) is 8.41. The highest BCUT2D eigenvalue weighted by Crippen LogP contribution is 2.43. The van der Waals surface area contributed by atoms with Crippen molar-refractivity contribution in [1.82, 2.24) is 19.9 Å². The Kier molecular flexibility index (Phi) is 5.56. The molecule has 3 aliphatic rings. The number of halogens is 2. The summed E-state index contributed by atoms with van der Waals surface area (Å²) in [5.74, 6) is 1.59. The molecule has 0 radical (unpaired) electrons. The van der Waals surface area contributed by atoms with Crippen LogP contribution < -0.4 is 9.80 Å². The van der Waals surface area contributed by atoms with Gasteiger partial charge in [-0.2, -0.15) is 4.98 Å². The molecule has 11 heteroatoms. The van der Waals surface area contributed by atoms with E-state index in [1.54, 1.807) is 6.20 Å². The van der Waals surface area contributed by atoms with E-state index in [1.807, 2.05) is 4.90 Å². The van der Waals surface area contributed by atoms with Crippen LogP contribution in [0.5, 0.6) is 0 Å². The van der Waals surface area contributed by atoms with Crippen molar-refractivity contribution in [3.8, 4) is 0 Å². The number of rotatable bonds is 4. The highest BCUT2D eigenvalue weighted by molar-refractivity contribution is 7.85. The fraction of sp³-hybridized carbons (Fsp3) is 0.600. The molecule has 0 bridgehead atoms. The van der Waals surface area contributed by atoms with E-state index in [0.717, 1.165) is 19.3 Å². The van der Waals surface area contributed by atoms with E-state index in [1.165, 1.54) is 12.4 Å². The molecule has 2 aliphatic heterocycles. The Hall–Kier alpha value is -1.91. The van der Waals surface area contributed by atoms with Crippen LogP contribution >= 0.6 is 11.6 Å². The van der Waals surface area contributed by atoms with E-state index in [9.17, 15) is 9.32 Å². The van der Waals surface area contributed by atoms with Crippen molar-refractivity contribution in [3.05, 3.63) is 29.4 Å². The summed E-state index contributed by atoms with van der Waals surface area (Å²) in [4.78, 5) is 22.0. The number of hydrogen-bond donors (Lipinski definition) is 1. The number of nitrogens with zero attached hydrogens (tertiary/aromatic N) is 6. The van der Waals surface area contributed by atoms with Crippen LogP contribution in [-0.4, -0.2) is 73.0 Å². The average Bonchev–Trinajstić information content (AvgIpc) is 2.75. The number of aromatic nitrogens is 4. The third-order valence-electron chi connectivity index (χ3n) is 6.67. The Morgan fingerprint density at radius 2 is 2.00 bits per heavy atom. The fourth-order valence-corrected chi connectivity index (χ4v) is 5.90. The standard InChI is InChI=1S/C20H24ClFN6O2S/c21-13-8-23-17(24-9-13)14-2-5-27(11-15(14)22)19-25-10-16-18(26-19)28(6-7-31(16)30)20(12-29)3-1-4-20/h8-10,14-15,29H,1-7,11-12H2/t14?,15?,31-/m1/s1. The van der Waals surface area contributed by atoms with Crippen molar-refractivity contribution >= 4 is 34.2 Å². The van der Waals surface area contributed by atoms with Gasteiger partial charge in [-0.15, -0.1) is 0 Å². The van der Waals surface area contributed by atoms with Gasteiger partial charge in [0.25, 0.3) is 0 Å². The second-order valence-corrected chi connectivity index (χ2v) is 10.4. The van der Waals surface area contributed by atoms with Gasteiger partial charge >= 0.3 is 0 Å². The molecule has 1 saturated carbocycles. The molecule has 2 aromatic heterocycles. The molecule has 2 aromatic rings. The lowest BCUT2D eigenvalue weighted by Crippen LogP contribution is -2.59. The third-order valence-corrected chi connectivity index (χ3v) is 8.20. The second kappa shape index (κ2) is 8.22. The number of alkyl halides is 1. The molecule has 8 nitrogen and oxygen atoms in total. The summed E-state index contributed by atoms with van der Waals surface area (Å²) in [5.41, 5.74) is -0.341. The molecule has 2 fully saturated rings. The minimum Gasteiger partial charge on any atom is -0.394 e. The number of fused-ring (bicyclic) bond motifs is 1. The zero-order valence-electron chi connectivity index (χ0n) is 17.0. The van der Waals surface area contributed by atoms with Crippen molar-refractivity contribution in [2.24, 2.45) is 0 Å². The molecule has 5 rings (SSSR count). The largest absolute Gasteiger partial charge is 0.394 e. The quantitative estimate of drug-likeness (QED) is 0.731. The lowest BCUT2D eigenvalue weighted by molar-refractivity contribution is 0.115. The van der Waals surface area contributed by atoms with Crippen molar-refractivity contribution in [2.45, 2.75) is 48.2 Å². The Bertz CT molecular complexity index is 987. The Labute approximate surface area is 187 Å². The zero-order valence-corrected chi connectivity index (χ0v) is 18.5. The predicted molar refractivity (Wildman–Crippen MR) is 116 cm³/mol. The molecule has 166 valence electrons. The van der Waals surface area contributed by atoms with Gasteiger partial charge in [-0.3, -0.25) is 4.21 Å².